The third-order valence-electron chi connectivity index (χ3n) is 3.75. The average Bonchev–Trinajstić information content (AvgIpc) is 3.10. The Hall–Kier alpha value is -2.11. The number of hydrogen-bond donors (Lipinski definition) is 2. The molecule has 0 aromatic carbocycles. The predicted molar refractivity (Wildman–Crippen MR) is 90.3 cm³/mol. The molecule has 2 N–H and O–H groups in total. The van der Waals surface area contributed by atoms with Crippen LogP contribution in [0.15, 0.2) is 12.3 Å². The van der Waals surface area contributed by atoms with Crippen LogP contribution in [0, 0.1) is 12.8 Å². The Bertz CT molecular complexity index is 656. The maximum Gasteiger partial charge on any atom is 0.270 e. The van der Waals surface area contributed by atoms with Crippen molar-refractivity contribution >= 4 is 5.91 Å². The number of H-pyrrole nitrogens is 1. The highest BCUT2D eigenvalue weighted by Crippen LogP contribution is 2.15. The normalized spacial score (nSPS) is 12.6. The first-order valence-electron chi connectivity index (χ1n) is 8.33. The Labute approximate surface area is 137 Å². The van der Waals surface area contributed by atoms with E-state index in [-0.39, 0.29) is 11.9 Å². The molecular weight excluding hydrogens is 290 g/mol. The van der Waals surface area contributed by atoms with Gasteiger partial charge in [0.2, 0.25) is 0 Å². The Morgan fingerprint density at radius 3 is 2.65 bits per heavy atom. The molecular formula is C17H27N5O. The summed E-state index contributed by atoms with van der Waals surface area (Å²) in [6, 6.07) is 1.78. The Kier molecular flexibility index (Phi) is 5.58. The molecule has 0 fully saturated rings. The fourth-order valence-electron chi connectivity index (χ4n) is 2.62. The van der Waals surface area contributed by atoms with Gasteiger partial charge < -0.3 is 10.3 Å². The SMILES string of the molecule is CC[C@@H](NC(=O)c1cc(CC(C)C)nn1CC)c1ncc(C)[nH]1. The van der Waals surface area contributed by atoms with Crippen molar-refractivity contribution in [1.82, 2.24) is 25.1 Å². The van der Waals surface area contributed by atoms with Gasteiger partial charge in [-0.15, -0.1) is 0 Å². The zero-order chi connectivity index (χ0) is 17.0. The van der Waals surface area contributed by atoms with Crippen LogP contribution in [0.3, 0.4) is 0 Å². The first-order valence-corrected chi connectivity index (χ1v) is 8.33. The lowest BCUT2D eigenvalue weighted by molar-refractivity contribution is 0.0923. The summed E-state index contributed by atoms with van der Waals surface area (Å²) in [7, 11) is 0. The van der Waals surface area contributed by atoms with Crippen molar-refractivity contribution in [2.45, 2.75) is 60.0 Å². The van der Waals surface area contributed by atoms with Crippen LogP contribution in [-0.2, 0) is 13.0 Å². The van der Waals surface area contributed by atoms with Crippen LogP contribution in [0.4, 0.5) is 0 Å². The Morgan fingerprint density at radius 1 is 1.39 bits per heavy atom. The van der Waals surface area contributed by atoms with Crippen molar-refractivity contribution < 1.29 is 4.79 Å². The third kappa shape index (κ3) is 4.21. The topological polar surface area (TPSA) is 75.6 Å². The lowest BCUT2D eigenvalue weighted by Gasteiger charge is -2.15. The van der Waals surface area contributed by atoms with E-state index in [2.05, 4.69) is 34.2 Å². The van der Waals surface area contributed by atoms with Crippen LogP contribution >= 0.6 is 0 Å². The Balaban J connectivity index is 2.17. The molecule has 0 saturated heterocycles. The van der Waals surface area contributed by atoms with Gasteiger partial charge in [0.15, 0.2) is 0 Å². The number of aromatic amines is 1. The van der Waals surface area contributed by atoms with Crippen LogP contribution in [0.1, 0.15) is 67.9 Å². The van der Waals surface area contributed by atoms with Crippen LogP contribution in [0.5, 0.6) is 0 Å². The summed E-state index contributed by atoms with van der Waals surface area (Å²) >= 11 is 0. The first-order chi connectivity index (χ1) is 10.9. The van der Waals surface area contributed by atoms with E-state index in [0.717, 1.165) is 30.1 Å². The van der Waals surface area contributed by atoms with Crippen LogP contribution in [0.2, 0.25) is 0 Å². The van der Waals surface area contributed by atoms with Gasteiger partial charge in [-0.25, -0.2) is 4.98 Å². The number of nitrogens with zero attached hydrogens (tertiary/aromatic N) is 3. The minimum absolute atomic E-state index is 0.102. The number of carbonyl (C=O) groups is 1. The van der Waals surface area contributed by atoms with E-state index in [0.29, 0.717) is 18.2 Å². The van der Waals surface area contributed by atoms with E-state index >= 15 is 0 Å². The molecule has 2 heterocycles. The van der Waals surface area contributed by atoms with Crippen molar-refractivity contribution in [3.05, 3.63) is 35.2 Å². The number of nitrogens with one attached hydrogen (secondary N) is 2. The van der Waals surface area contributed by atoms with Crippen LogP contribution < -0.4 is 5.32 Å². The van der Waals surface area contributed by atoms with E-state index < -0.39 is 0 Å². The number of hydrogen-bond acceptors (Lipinski definition) is 3. The van der Waals surface area contributed by atoms with Gasteiger partial charge >= 0.3 is 0 Å². The summed E-state index contributed by atoms with van der Waals surface area (Å²) in [5.74, 6) is 1.21. The summed E-state index contributed by atoms with van der Waals surface area (Å²) in [6.45, 7) is 11.0. The van der Waals surface area contributed by atoms with E-state index in [1.54, 1.807) is 10.9 Å². The minimum Gasteiger partial charge on any atom is -0.344 e. The average molecular weight is 317 g/mol. The highest BCUT2D eigenvalue weighted by Gasteiger charge is 2.20. The minimum atomic E-state index is -0.120. The number of carbonyl (C=O) groups excluding carboxylic acids is 1. The van der Waals surface area contributed by atoms with E-state index in [1.165, 1.54) is 0 Å². The molecule has 0 saturated carbocycles. The van der Waals surface area contributed by atoms with Crippen LogP contribution in [0.25, 0.3) is 0 Å². The van der Waals surface area contributed by atoms with Gasteiger partial charge in [0.1, 0.15) is 11.5 Å². The lowest BCUT2D eigenvalue weighted by Crippen LogP contribution is -2.30. The molecule has 6 heteroatoms. The van der Waals surface area contributed by atoms with Gasteiger partial charge in [0.05, 0.1) is 11.7 Å². The maximum atomic E-state index is 12.7. The lowest BCUT2D eigenvalue weighted by atomic mass is 10.1. The van der Waals surface area contributed by atoms with E-state index in [4.69, 9.17) is 0 Å². The highest BCUT2D eigenvalue weighted by atomic mass is 16.2. The van der Waals surface area contributed by atoms with Crippen molar-refractivity contribution in [2.24, 2.45) is 5.92 Å². The molecule has 2 aromatic rings. The molecule has 0 unspecified atom stereocenters. The summed E-state index contributed by atoms with van der Waals surface area (Å²) in [5, 5.41) is 7.59. The largest absolute Gasteiger partial charge is 0.344 e. The molecule has 0 aliphatic heterocycles. The summed E-state index contributed by atoms with van der Waals surface area (Å²) in [5.41, 5.74) is 2.57. The second-order valence-corrected chi connectivity index (χ2v) is 6.32. The summed E-state index contributed by atoms with van der Waals surface area (Å²) in [6.07, 6.45) is 3.43. The van der Waals surface area contributed by atoms with Crippen molar-refractivity contribution in [1.29, 1.82) is 0 Å². The Morgan fingerprint density at radius 2 is 2.13 bits per heavy atom. The predicted octanol–water partition coefficient (Wildman–Crippen LogP) is 3.01. The standard InChI is InChI=1S/C17H27N5O/c1-6-14(16-18-10-12(5)19-16)20-17(23)15-9-13(8-11(3)4)21-22(15)7-2/h9-11,14H,6-8H2,1-5H3,(H,18,19)(H,20,23)/t14-/m1/s1. The van der Waals surface area contributed by atoms with Crippen molar-refractivity contribution in [3.8, 4) is 0 Å². The van der Waals surface area contributed by atoms with Gasteiger partial charge in [-0.05, 0) is 38.7 Å². The number of amides is 1. The third-order valence-corrected chi connectivity index (χ3v) is 3.75. The van der Waals surface area contributed by atoms with Gasteiger partial charge in [-0.2, -0.15) is 5.10 Å². The van der Waals surface area contributed by atoms with Gasteiger partial charge in [0, 0.05) is 18.4 Å². The molecule has 0 spiro atoms. The van der Waals surface area contributed by atoms with Crippen LogP contribution in [-0.4, -0.2) is 25.7 Å². The number of aromatic nitrogens is 4. The molecule has 2 aromatic heterocycles. The van der Waals surface area contributed by atoms with E-state index in [1.807, 2.05) is 26.8 Å². The fraction of sp³-hybridized carbons (Fsp3) is 0.588. The first kappa shape index (κ1) is 17.2. The molecule has 0 bridgehead atoms. The fourth-order valence-corrected chi connectivity index (χ4v) is 2.62. The molecule has 23 heavy (non-hydrogen) atoms. The smallest absolute Gasteiger partial charge is 0.270 e. The number of rotatable bonds is 7. The maximum absolute atomic E-state index is 12.7. The highest BCUT2D eigenvalue weighted by molar-refractivity contribution is 5.92. The second-order valence-electron chi connectivity index (χ2n) is 6.32. The number of imidazole rings is 1. The van der Waals surface area contributed by atoms with Gasteiger partial charge in [-0.3, -0.25) is 9.48 Å². The summed E-state index contributed by atoms with van der Waals surface area (Å²) < 4.78 is 1.77. The monoisotopic (exact) mass is 317 g/mol. The molecule has 1 atom stereocenters. The summed E-state index contributed by atoms with van der Waals surface area (Å²) in [4.78, 5) is 20.2. The van der Waals surface area contributed by atoms with Gasteiger partial charge in [0.25, 0.3) is 5.91 Å². The zero-order valence-corrected chi connectivity index (χ0v) is 14.7. The van der Waals surface area contributed by atoms with E-state index in [9.17, 15) is 4.79 Å². The number of aryl methyl sites for hydroxylation is 2. The van der Waals surface area contributed by atoms with Crippen molar-refractivity contribution in [2.75, 3.05) is 0 Å². The molecule has 1 amide bonds. The van der Waals surface area contributed by atoms with Crippen molar-refractivity contribution in [3.63, 3.8) is 0 Å². The quantitative estimate of drug-likeness (QED) is 0.824. The van der Waals surface area contributed by atoms with Gasteiger partial charge in [-0.1, -0.05) is 20.8 Å². The molecule has 0 aliphatic carbocycles. The molecule has 6 nitrogen and oxygen atoms in total. The molecule has 126 valence electrons. The second kappa shape index (κ2) is 7.44. The molecule has 2 rings (SSSR count). The molecule has 0 aliphatic rings. The zero-order valence-electron chi connectivity index (χ0n) is 14.7. The molecule has 0 radical (unpaired) electrons.